The molecule has 19 heavy (non-hydrogen) atoms. The van der Waals surface area contributed by atoms with Crippen LogP contribution in [-0.2, 0) is 6.54 Å². The second kappa shape index (κ2) is 5.95. The molecule has 0 aliphatic heterocycles. The molecule has 0 bridgehead atoms. The van der Waals surface area contributed by atoms with Crippen LogP contribution < -0.4 is 5.73 Å². The minimum atomic E-state index is -0.209. The van der Waals surface area contributed by atoms with Crippen molar-refractivity contribution in [1.29, 1.82) is 0 Å². The first-order valence-corrected chi connectivity index (χ1v) is 6.32. The third-order valence-electron chi connectivity index (χ3n) is 3.23. The first kappa shape index (κ1) is 13.7. The molecule has 0 heterocycles. The van der Waals surface area contributed by atoms with Crippen LogP contribution in [0, 0.1) is 5.82 Å². The number of halogens is 1. The summed E-state index contributed by atoms with van der Waals surface area (Å²) in [4.78, 5) is 2.12. The first-order valence-electron chi connectivity index (χ1n) is 6.32. The number of hydrogen-bond acceptors (Lipinski definition) is 2. The van der Waals surface area contributed by atoms with E-state index in [4.69, 9.17) is 5.73 Å². The lowest BCUT2D eigenvalue weighted by atomic mass is 9.97. The molecule has 2 aromatic carbocycles. The zero-order chi connectivity index (χ0) is 13.8. The Balaban J connectivity index is 2.36. The minimum Gasteiger partial charge on any atom is -0.326 e. The van der Waals surface area contributed by atoms with Crippen molar-refractivity contribution in [3.8, 4) is 0 Å². The van der Waals surface area contributed by atoms with Gasteiger partial charge in [-0.1, -0.05) is 36.4 Å². The van der Waals surface area contributed by atoms with Crippen LogP contribution in [0.5, 0.6) is 0 Å². The maximum Gasteiger partial charge on any atom is 0.123 e. The van der Waals surface area contributed by atoms with Gasteiger partial charge in [0.2, 0.25) is 0 Å². The second-order valence-corrected chi connectivity index (χ2v) is 4.86. The lowest BCUT2D eigenvalue weighted by Gasteiger charge is -2.25. The maximum atomic E-state index is 13.0. The molecule has 0 amide bonds. The average Bonchev–Trinajstić information content (AvgIpc) is 2.42. The van der Waals surface area contributed by atoms with Gasteiger partial charge in [0.1, 0.15) is 5.82 Å². The van der Waals surface area contributed by atoms with Crippen LogP contribution >= 0.6 is 0 Å². The molecule has 100 valence electrons. The van der Waals surface area contributed by atoms with E-state index in [0.29, 0.717) is 6.54 Å². The molecule has 2 rings (SSSR count). The summed E-state index contributed by atoms with van der Waals surface area (Å²) in [6.07, 6.45) is 0. The van der Waals surface area contributed by atoms with Crippen molar-refractivity contribution in [2.45, 2.75) is 12.6 Å². The van der Waals surface area contributed by atoms with Crippen molar-refractivity contribution >= 4 is 0 Å². The van der Waals surface area contributed by atoms with Crippen molar-refractivity contribution in [2.75, 3.05) is 14.1 Å². The van der Waals surface area contributed by atoms with Crippen LogP contribution in [0.2, 0.25) is 0 Å². The van der Waals surface area contributed by atoms with E-state index in [1.807, 2.05) is 38.4 Å². The third kappa shape index (κ3) is 3.19. The van der Waals surface area contributed by atoms with E-state index in [1.165, 1.54) is 17.7 Å². The summed E-state index contributed by atoms with van der Waals surface area (Å²) in [5.74, 6) is -0.209. The van der Waals surface area contributed by atoms with E-state index >= 15 is 0 Å². The molecule has 2 nitrogen and oxygen atoms in total. The standard InChI is InChI=1S/C16H19FN2/c1-19(2)16(14-7-9-15(17)10-8-14)13-5-3-12(11-18)4-6-13/h3-10,16H,11,18H2,1-2H3. The van der Waals surface area contributed by atoms with Gasteiger partial charge in [-0.05, 0) is 42.9 Å². The van der Waals surface area contributed by atoms with Crippen LogP contribution in [0.25, 0.3) is 0 Å². The van der Waals surface area contributed by atoms with Gasteiger partial charge in [-0.3, -0.25) is 4.90 Å². The third-order valence-corrected chi connectivity index (χ3v) is 3.23. The molecule has 0 saturated carbocycles. The molecule has 0 aliphatic rings. The molecule has 2 N–H and O–H groups in total. The Hall–Kier alpha value is -1.71. The molecule has 3 heteroatoms. The molecular weight excluding hydrogens is 239 g/mol. The number of hydrogen-bond donors (Lipinski definition) is 1. The smallest absolute Gasteiger partial charge is 0.123 e. The Bertz CT molecular complexity index is 517. The van der Waals surface area contributed by atoms with E-state index in [9.17, 15) is 4.39 Å². The molecule has 0 radical (unpaired) electrons. The van der Waals surface area contributed by atoms with Crippen LogP contribution in [0.4, 0.5) is 4.39 Å². The highest BCUT2D eigenvalue weighted by Gasteiger charge is 2.16. The van der Waals surface area contributed by atoms with Crippen LogP contribution in [0.1, 0.15) is 22.7 Å². The summed E-state index contributed by atoms with van der Waals surface area (Å²) in [5.41, 5.74) is 8.97. The number of rotatable bonds is 4. The van der Waals surface area contributed by atoms with Crippen LogP contribution in [-0.4, -0.2) is 19.0 Å². The summed E-state index contributed by atoms with van der Waals surface area (Å²) < 4.78 is 13.0. The summed E-state index contributed by atoms with van der Waals surface area (Å²) >= 11 is 0. The van der Waals surface area contributed by atoms with Crippen LogP contribution in [0.15, 0.2) is 48.5 Å². The predicted octanol–water partition coefficient (Wildman–Crippen LogP) is 2.94. The van der Waals surface area contributed by atoms with E-state index in [1.54, 1.807) is 0 Å². The molecule has 0 saturated heterocycles. The van der Waals surface area contributed by atoms with E-state index in [0.717, 1.165) is 11.1 Å². The fourth-order valence-electron chi connectivity index (χ4n) is 2.27. The van der Waals surface area contributed by atoms with E-state index in [2.05, 4.69) is 17.0 Å². The van der Waals surface area contributed by atoms with Crippen molar-refractivity contribution in [3.05, 3.63) is 71.0 Å². The molecule has 1 unspecified atom stereocenters. The Morgan fingerprint density at radius 2 is 1.42 bits per heavy atom. The van der Waals surface area contributed by atoms with Gasteiger partial charge in [0.15, 0.2) is 0 Å². The highest BCUT2D eigenvalue weighted by Crippen LogP contribution is 2.26. The summed E-state index contributed by atoms with van der Waals surface area (Å²) in [5, 5.41) is 0. The Labute approximate surface area is 113 Å². The highest BCUT2D eigenvalue weighted by molar-refractivity contribution is 5.33. The number of nitrogens with two attached hydrogens (primary N) is 1. The van der Waals surface area contributed by atoms with Gasteiger partial charge in [0, 0.05) is 6.54 Å². The van der Waals surface area contributed by atoms with Gasteiger partial charge in [-0.2, -0.15) is 0 Å². The highest BCUT2D eigenvalue weighted by atomic mass is 19.1. The molecule has 1 atom stereocenters. The van der Waals surface area contributed by atoms with Gasteiger partial charge in [0.05, 0.1) is 6.04 Å². The van der Waals surface area contributed by atoms with Gasteiger partial charge < -0.3 is 5.73 Å². The number of nitrogens with zero attached hydrogens (tertiary/aromatic N) is 1. The van der Waals surface area contributed by atoms with Gasteiger partial charge >= 0.3 is 0 Å². The SMILES string of the molecule is CN(C)C(c1ccc(F)cc1)c1ccc(CN)cc1. The topological polar surface area (TPSA) is 29.3 Å². The van der Waals surface area contributed by atoms with E-state index in [-0.39, 0.29) is 11.9 Å². The van der Waals surface area contributed by atoms with E-state index < -0.39 is 0 Å². The second-order valence-electron chi connectivity index (χ2n) is 4.86. The fourth-order valence-corrected chi connectivity index (χ4v) is 2.27. The Morgan fingerprint density at radius 3 is 1.84 bits per heavy atom. The van der Waals surface area contributed by atoms with Crippen LogP contribution in [0.3, 0.4) is 0 Å². The molecule has 0 aliphatic carbocycles. The Kier molecular flexibility index (Phi) is 4.30. The number of benzene rings is 2. The zero-order valence-corrected chi connectivity index (χ0v) is 11.3. The first-order chi connectivity index (χ1) is 9.11. The monoisotopic (exact) mass is 258 g/mol. The minimum absolute atomic E-state index is 0.118. The largest absolute Gasteiger partial charge is 0.326 e. The average molecular weight is 258 g/mol. The van der Waals surface area contributed by atoms with Gasteiger partial charge in [0.25, 0.3) is 0 Å². The normalized spacial score (nSPS) is 12.7. The summed E-state index contributed by atoms with van der Waals surface area (Å²) in [6.45, 7) is 0.545. The fraction of sp³-hybridized carbons (Fsp3) is 0.250. The molecule has 0 spiro atoms. The zero-order valence-electron chi connectivity index (χ0n) is 11.3. The van der Waals surface area contributed by atoms with Crippen molar-refractivity contribution in [2.24, 2.45) is 5.73 Å². The molecule has 2 aromatic rings. The quantitative estimate of drug-likeness (QED) is 0.913. The summed E-state index contributed by atoms with van der Waals surface area (Å²) in [6, 6.07) is 15.0. The molecule has 0 fully saturated rings. The molecular formula is C16H19FN2. The van der Waals surface area contributed by atoms with Gasteiger partial charge in [-0.15, -0.1) is 0 Å². The summed E-state index contributed by atoms with van der Waals surface area (Å²) in [7, 11) is 4.04. The molecule has 0 aromatic heterocycles. The van der Waals surface area contributed by atoms with Gasteiger partial charge in [-0.25, -0.2) is 4.39 Å². The van der Waals surface area contributed by atoms with Crippen molar-refractivity contribution < 1.29 is 4.39 Å². The lowest BCUT2D eigenvalue weighted by molar-refractivity contribution is 0.342. The lowest BCUT2D eigenvalue weighted by Crippen LogP contribution is -2.21. The maximum absolute atomic E-state index is 13.0. The van der Waals surface area contributed by atoms with Crippen molar-refractivity contribution in [3.63, 3.8) is 0 Å². The predicted molar refractivity (Wildman–Crippen MR) is 76.3 cm³/mol. The van der Waals surface area contributed by atoms with Crippen molar-refractivity contribution in [1.82, 2.24) is 4.90 Å². The Morgan fingerprint density at radius 1 is 0.947 bits per heavy atom.